The first-order valence-electron chi connectivity index (χ1n) is 7.08. The average Bonchev–Trinajstić information content (AvgIpc) is 3.01. The molecule has 8 nitrogen and oxygen atoms in total. The minimum atomic E-state index is -0.535. The third-order valence-corrected chi connectivity index (χ3v) is 3.43. The molecule has 8 heteroatoms. The number of amides is 2. The fourth-order valence-electron chi connectivity index (χ4n) is 2.20. The quantitative estimate of drug-likeness (QED) is 0.749. The van der Waals surface area contributed by atoms with E-state index in [0.29, 0.717) is 22.6 Å². The highest BCUT2D eigenvalue weighted by Gasteiger charge is 2.10. The molecule has 0 aliphatic rings. The SMILES string of the molecule is Cn1nnnc1-c1cccc(NC(=O)c2ccc(C(N)=O)cc2)c1. The molecule has 1 heterocycles. The minimum Gasteiger partial charge on any atom is -0.366 e. The van der Waals surface area contributed by atoms with Crippen molar-refractivity contribution in [2.45, 2.75) is 0 Å². The Morgan fingerprint density at radius 2 is 1.79 bits per heavy atom. The molecule has 1 aromatic heterocycles. The van der Waals surface area contributed by atoms with Crippen molar-refractivity contribution in [2.24, 2.45) is 12.8 Å². The number of hydrogen-bond donors (Lipinski definition) is 2. The molecule has 0 radical (unpaired) electrons. The zero-order valence-corrected chi connectivity index (χ0v) is 12.8. The lowest BCUT2D eigenvalue weighted by molar-refractivity contribution is 0.0995. The summed E-state index contributed by atoms with van der Waals surface area (Å²) >= 11 is 0. The maximum absolute atomic E-state index is 12.3. The molecule has 3 N–H and O–H groups in total. The van der Waals surface area contributed by atoms with Crippen molar-refractivity contribution < 1.29 is 9.59 Å². The van der Waals surface area contributed by atoms with Crippen LogP contribution in [0.4, 0.5) is 5.69 Å². The standard InChI is InChI=1S/C16H14N6O2/c1-22-15(19-20-21-22)12-3-2-4-13(9-12)18-16(24)11-7-5-10(6-8-11)14(17)23/h2-9H,1H3,(H2,17,23)(H,18,24). The fourth-order valence-corrected chi connectivity index (χ4v) is 2.20. The first kappa shape index (κ1) is 15.3. The number of nitrogens with two attached hydrogens (primary N) is 1. The lowest BCUT2D eigenvalue weighted by atomic mass is 10.1. The lowest BCUT2D eigenvalue weighted by Gasteiger charge is -2.07. The molecule has 0 fully saturated rings. The Morgan fingerprint density at radius 3 is 2.42 bits per heavy atom. The first-order valence-corrected chi connectivity index (χ1v) is 7.08. The van der Waals surface area contributed by atoms with Crippen LogP contribution in [-0.4, -0.2) is 32.0 Å². The molecule has 3 rings (SSSR count). The molecule has 0 aliphatic carbocycles. The third kappa shape index (κ3) is 3.12. The van der Waals surface area contributed by atoms with E-state index in [1.54, 1.807) is 42.1 Å². The van der Waals surface area contributed by atoms with Crippen LogP contribution in [0.15, 0.2) is 48.5 Å². The summed E-state index contributed by atoms with van der Waals surface area (Å²) in [6.45, 7) is 0. The monoisotopic (exact) mass is 322 g/mol. The Bertz CT molecular complexity index is 901. The number of benzene rings is 2. The number of carbonyl (C=O) groups excluding carboxylic acids is 2. The molecule has 24 heavy (non-hydrogen) atoms. The predicted octanol–water partition coefficient (Wildman–Crippen LogP) is 1.23. The van der Waals surface area contributed by atoms with E-state index < -0.39 is 5.91 Å². The van der Waals surface area contributed by atoms with E-state index in [-0.39, 0.29) is 5.91 Å². The van der Waals surface area contributed by atoms with E-state index in [1.807, 2.05) is 6.07 Å². The van der Waals surface area contributed by atoms with Gasteiger partial charge in [0, 0.05) is 29.4 Å². The van der Waals surface area contributed by atoms with E-state index in [0.717, 1.165) is 5.56 Å². The van der Waals surface area contributed by atoms with Crippen molar-refractivity contribution in [3.05, 3.63) is 59.7 Å². The Labute approximate surface area is 137 Å². The lowest BCUT2D eigenvalue weighted by Crippen LogP contribution is -2.14. The normalized spacial score (nSPS) is 10.4. The summed E-state index contributed by atoms with van der Waals surface area (Å²) in [5.74, 6) is -0.233. The summed E-state index contributed by atoms with van der Waals surface area (Å²) in [6.07, 6.45) is 0. The molecule has 2 aromatic carbocycles. The average molecular weight is 322 g/mol. The molecule has 0 unspecified atom stereocenters. The highest BCUT2D eigenvalue weighted by atomic mass is 16.2. The van der Waals surface area contributed by atoms with Gasteiger partial charge in [0.15, 0.2) is 5.82 Å². The highest BCUT2D eigenvalue weighted by Crippen LogP contribution is 2.20. The zero-order chi connectivity index (χ0) is 17.1. The van der Waals surface area contributed by atoms with Crippen molar-refractivity contribution in [1.29, 1.82) is 0 Å². The Hall–Kier alpha value is -3.55. The summed E-state index contributed by atoms with van der Waals surface area (Å²) < 4.78 is 1.55. The number of primary amides is 1. The van der Waals surface area contributed by atoms with E-state index in [4.69, 9.17) is 5.73 Å². The topological polar surface area (TPSA) is 116 Å². The molecule has 0 saturated heterocycles. The summed E-state index contributed by atoms with van der Waals surface area (Å²) in [5.41, 5.74) is 7.35. The third-order valence-electron chi connectivity index (χ3n) is 3.43. The molecule has 0 bridgehead atoms. The van der Waals surface area contributed by atoms with Gasteiger partial charge in [-0.05, 0) is 46.8 Å². The second kappa shape index (κ2) is 6.29. The van der Waals surface area contributed by atoms with Crippen LogP contribution in [0, 0.1) is 0 Å². The van der Waals surface area contributed by atoms with E-state index in [9.17, 15) is 9.59 Å². The van der Waals surface area contributed by atoms with Gasteiger partial charge in [-0.3, -0.25) is 9.59 Å². The van der Waals surface area contributed by atoms with Gasteiger partial charge in [-0.1, -0.05) is 12.1 Å². The highest BCUT2D eigenvalue weighted by molar-refractivity contribution is 6.05. The number of tetrazole rings is 1. The molecular weight excluding hydrogens is 308 g/mol. The van der Waals surface area contributed by atoms with Crippen molar-refractivity contribution >= 4 is 17.5 Å². The van der Waals surface area contributed by atoms with Crippen molar-refractivity contribution in [3.8, 4) is 11.4 Å². The van der Waals surface area contributed by atoms with Gasteiger partial charge in [-0.15, -0.1) is 5.10 Å². The summed E-state index contributed by atoms with van der Waals surface area (Å²) in [5, 5.41) is 14.1. The number of nitrogens with one attached hydrogen (secondary N) is 1. The minimum absolute atomic E-state index is 0.292. The van der Waals surface area contributed by atoms with Gasteiger partial charge in [0.25, 0.3) is 5.91 Å². The molecule has 3 aromatic rings. The van der Waals surface area contributed by atoms with E-state index in [1.165, 1.54) is 12.1 Å². The number of anilines is 1. The van der Waals surface area contributed by atoms with Gasteiger partial charge < -0.3 is 11.1 Å². The smallest absolute Gasteiger partial charge is 0.255 e. The van der Waals surface area contributed by atoms with Crippen molar-refractivity contribution in [2.75, 3.05) is 5.32 Å². The molecule has 0 atom stereocenters. The number of aromatic nitrogens is 4. The van der Waals surface area contributed by atoms with Crippen LogP contribution in [0.25, 0.3) is 11.4 Å². The van der Waals surface area contributed by atoms with Crippen molar-refractivity contribution in [1.82, 2.24) is 20.2 Å². The van der Waals surface area contributed by atoms with Crippen LogP contribution in [0.5, 0.6) is 0 Å². The summed E-state index contributed by atoms with van der Waals surface area (Å²) in [7, 11) is 1.74. The molecule has 2 amide bonds. The summed E-state index contributed by atoms with van der Waals surface area (Å²) in [6, 6.07) is 13.3. The fraction of sp³-hybridized carbons (Fsp3) is 0.0625. The Morgan fingerprint density at radius 1 is 1.08 bits per heavy atom. The molecule has 0 aliphatic heterocycles. The van der Waals surface area contributed by atoms with Crippen LogP contribution in [-0.2, 0) is 7.05 Å². The molecule has 120 valence electrons. The maximum atomic E-state index is 12.3. The Kier molecular flexibility index (Phi) is 4.02. The van der Waals surface area contributed by atoms with Crippen molar-refractivity contribution in [3.63, 3.8) is 0 Å². The second-order valence-electron chi connectivity index (χ2n) is 5.10. The summed E-state index contributed by atoms with van der Waals surface area (Å²) in [4.78, 5) is 23.3. The molecular formula is C16H14N6O2. The van der Waals surface area contributed by atoms with Crippen LogP contribution in [0.3, 0.4) is 0 Å². The number of rotatable bonds is 4. The van der Waals surface area contributed by atoms with Crippen LogP contribution >= 0.6 is 0 Å². The van der Waals surface area contributed by atoms with E-state index in [2.05, 4.69) is 20.8 Å². The maximum Gasteiger partial charge on any atom is 0.255 e. The van der Waals surface area contributed by atoms with E-state index >= 15 is 0 Å². The zero-order valence-electron chi connectivity index (χ0n) is 12.8. The van der Waals surface area contributed by atoms with Gasteiger partial charge in [0.2, 0.25) is 5.91 Å². The molecule has 0 saturated carbocycles. The number of carbonyl (C=O) groups is 2. The largest absolute Gasteiger partial charge is 0.366 e. The van der Waals surface area contributed by atoms with Gasteiger partial charge in [0.05, 0.1) is 0 Å². The Balaban J connectivity index is 1.79. The number of aryl methyl sites for hydroxylation is 1. The van der Waals surface area contributed by atoms with Gasteiger partial charge in [0.1, 0.15) is 0 Å². The van der Waals surface area contributed by atoms with Crippen LogP contribution in [0.1, 0.15) is 20.7 Å². The number of nitrogens with zero attached hydrogens (tertiary/aromatic N) is 4. The first-order chi connectivity index (χ1) is 11.5. The second-order valence-corrected chi connectivity index (χ2v) is 5.10. The van der Waals surface area contributed by atoms with Crippen LogP contribution < -0.4 is 11.1 Å². The van der Waals surface area contributed by atoms with Gasteiger partial charge in [-0.2, -0.15) is 0 Å². The van der Waals surface area contributed by atoms with Gasteiger partial charge >= 0.3 is 0 Å². The van der Waals surface area contributed by atoms with Gasteiger partial charge in [-0.25, -0.2) is 4.68 Å². The number of hydrogen-bond acceptors (Lipinski definition) is 5. The molecule has 0 spiro atoms. The predicted molar refractivity (Wildman–Crippen MR) is 87.1 cm³/mol. The van der Waals surface area contributed by atoms with Crippen LogP contribution in [0.2, 0.25) is 0 Å².